The molecule has 0 bridgehead atoms. The van der Waals surface area contributed by atoms with E-state index in [4.69, 9.17) is 0 Å². The van der Waals surface area contributed by atoms with Gasteiger partial charge in [0.15, 0.2) is 0 Å². The first-order valence-corrected chi connectivity index (χ1v) is 0. The molecule has 0 amide bonds. The van der Waals surface area contributed by atoms with Crippen LogP contribution in [0.25, 0.3) is 0 Å². The quantitative estimate of drug-likeness (QED) is 0.219. The van der Waals surface area contributed by atoms with E-state index in [1.807, 2.05) is 0 Å². The molecule has 0 aliphatic heterocycles. The Kier molecular flexibility index (Phi) is 184. The van der Waals surface area contributed by atoms with Crippen LogP contribution in [0.2, 0.25) is 0 Å². The molecule has 0 aliphatic carbocycles. The van der Waals surface area contributed by atoms with Gasteiger partial charge >= 0.3 is 0 Å². The van der Waals surface area contributed by atoms with Gasteiger partial charge in [0.1, 0.15) is 0 Å². The first kappa shape index (κ1) is 37.0. The van der Waals surface area contributed by atoms with Gasteiger partial charge < -0.3 is 95.9 Å². The van der Waals surface area contributed by atoms with E-state index in [1.165, 1.54) is 0 Å². The second-order valence-electron chi connectivity index (χ2n) is 0. The summed E-state index contributed by atoms with van der Waals surface area (Å²) in [5.41, 5.74) is 0. The zero-order valence-corrected chi connectivity index (χ0v) is 13.7. The van der Waals surface area contributed by atoms with Crippen LogP contribution >= 0.6 is 0 Å². The van der Waals surface area contributed by atoms with E-state index in [0.717, 1.165) is 0 Å². The summed E-state index contributed by atoms with van der Waals surface area (Å²) in [6.07, 6.45) is 0. The Hall–Kier alpha value is 3.82. The van der Waals surface area contributed by atoms with Crippen molar-refractivity contribution < 1.29 is 95.9 Å². The fraction of sp³-hybridized carbons (Fsp3) is 0. The zero-order valence-electron chi connectivity index (χ0n) is 1.92. The van der Waals surface area contributed by atoms with Crippen molar-refractivity contribution in [3.8, 4) is 0 Å². The van der Waals surface area contributed by atoms with Crippen molar-refractivity contribution in [1.29, 1.82) is 0 Å². The number of rotatable bonds is 0. The molecule has 0 aromatic carbocycles. The van der Waals surface area contributed by atoms with Crippen molar-refractivity contribution in [3.63, 3.8) is 0 Å². The first-order chi connectivity index (χ1) is 0. The van der Waals surface area contributed by atoms with Gasteiger partial charge in [-0.25, -0.2) is 0 Å². The van der Waals surface area contributed by atoms with Gasteiger partial charge in [-0.1, -0.05) is 0 Å². The van der Waals surface area contributed by atoms with Gasteiger partial charge in [0.05, 0.1) is 0 Å². The summed E-state index contributed by atoms with van der Waals surface area (Å²) in [6.45, 7) is 0. The molecule has 0 fully saturated rings. The number of hydrogen-bond acceptors (Lipinski definition) is 0. The third-order valence-electron chi connectivity index (χ3n) is 0. The van der Waals surface area contributed by atoms with Crippen molar-refractivity contribution in [2.24, 2.45) is 0 Å². The van der Waals surface area contributed by atoms with Crippen LogP contribution in [0.5, 0.6) is 0 Å². The van der Waals surface area contributed by atoms with Crippen LogP contribution in [0.4, 0.5) is 0 Å². The average Bonchev–Trinajstić information content (AvgIpc) is 0. The van der Waals surface area contributed by atoms with Crippen molar-refractivity contribution in [1.82, 2.24) is 0 Å². The Labute approximate surface area is 120 Å². The summed E-state index contributed by atoms with van der Waals surface area (Å²) in [5.74, 6) is 0. The smallest absolute Gasteiger partial charge is 0 e. The zero-order chi connectivity index (χ0) is 0. The molecule has 0 aliphatic rings. The molecule has 0 aromatic heterocycles. The molecule has 0 aromatic rings. The molecule has 0 spiro atoms. The van der Waals surface area contributed by atoms with Crippen LogP contribution < -0.4 is 95.9 Å². The summed E-state index contributed by atoms with van der Waals surface area (Å²) in [6, 6.07) is 0. The summed E-state index contributed by atoms with van der Waals surface area (Å²) in [5, 5.41) is 0. The summed E-state index contributed by atoms with van der Waals surface area (Å²) in [4.78, 5) is 0. The second-order valence-corrected chi connectivity index (χ2v) is 0. The van der Waals surface area contributed by atoms with Crippen LogP contribution in [0.1, 0.15) is 0 Å². The first-order valence-electron chi connectivity index (χ1n) is 0. The summed E-state index contributed by atoms with van der Waals surface area (Å²) < 4.78 is 0. The minimum atomic E-state index is 0. The minimum Gasteiger partial charge on any atom is -1.00 e. The Morgan fingerprint density at radius 2 is 0.400 bits per heavy atom. The SMILES string of the molecule is [I-].[I-].[I-].[I-].[Po]. The van der Waals surface area contributed by atoms with Gasteiger partial charge in [-0.15, -0.1) is 0 Å². The van der Waals surface area contributed by atoms with Gasteiger partial charge in [0, 0.05) is 26.6 Å². The standard InChI is InChI=1S/4HI.Po/h4*1H;/p-4. The predicted molar refractivity (Wildman–Crippen MR) is 5.75 cm³/mol. The molecular weight excluding hydrogens is 717 g/mol. The molecule has 2 radical (unpaired) electrons. The molecule has 0 saturated carbocycles. The molecule has 0 atom stereocenters. The van der Waals surface area contributed by atoms with Gasteiger partial charge in [-0.05, 0) is 0 Å². The van der Waals surface area contributed by atoms with E-state index in [0.29, 0.717) is 0 Å². The van der Waals surface area contributed by atoms with E-state index in [1.54, 1.807) is 0 Å². The third kappa shape index (κ3) is 18.2. The Morgan fingerprint density at radius 3 is 0.400 bits per heavy atom. The molecule has 38 valence electrons. The van der Waals surface area contributed by atoms with Crippen LogP contribution in [-0.2, 0) is 0 Å². The fourth-order valence-corrected chi connectivity index (χ4v) is 0. The maximum atomic E-state index is 0. The van der Waals surface area contributed by atoms with Crippen molar-refractivity contribution in [3.05, 3.63) is 0 Å². The van der Waals surface area contributed by atoms with E-state index < -0.39 is 0 Å². The van der Waals surface area contributed by atoms with Gasteiger partial charge in [-0.2, -0.15) is 0 Å². The average molecular weight is 717 g/mol. The van der Waals surface area contributed by atoms with Crippen LogP contribution in [0, 0.1) is 0 Å². The third-order valence-corrected chi connectivity index (χ3v) is 0. The molecule has 0 saturated heterocycles. The number of hydrogen-bond donors (Lipinski definition) is 0. The molecular formula is I4Po-4. The van der Waals surface area contributed by atoms with E-state index in [9.17, 15) is 0 Å². The summed E-state index contributed by atoms with van der Waals surface area (Å²) >= 11 is 0. The molecule has 5 heteroatoms. The monoisotopic (exact) mass is 717 g/mol. The topological polar surface area (TPSA) is 0 Å². The molecule has 0 unspecified atom stereocenters. The molecule has 0 nitrogen and oxygen atoms in total. The van der Waals surface area contributed by atoms with Crippen LogP contribution in [0.3, 0.4) is 0 Å². The van der Waals surface area contributed by atoms with Crippen molar-refractivity contribution in [2.45, 2.75) is 0 Å². The second kappa shape index (κ2) is 24.9. The maximum Gasteiger partial charge on any atom is 0 e. The predicted octanol–water partition coefficient (Wildman–Crippen LogP) is -12.4. The van der Waals surface area contributed by atoms with Gasteiger partial charge in [0.25, 0.3) is 0 Å². The minimum absolute atomic E-state index is 0. The summed E-state index contributed by atoms with van der Waals surface area (Å²) in [7, 11) is 0. The largest absolute Gasteiger partial charge is 1.00 e. The molecule has 0 heterocycles. The van der Waals surface area contributed by atoms with E-state index >= 15 is 0 Å². The Balaban J connectivity index is 0. The Bertz CT molecular complexity index is 3.61. The molecule has 5 heavy (non-hydrogen) atoms. The van der Waals surface area contributed by atoms with Crippen LogP contribution in [0.15, 0.2) is 0 Å². The van der Waals surface area contributed by atoms with E-state index in [2.05, 4.69) is 0 Å². The molecule has 0 N–H and O–H groups in total. The molecule has 0 rings (SSSR count). The van der Waals surface area contributed by atoms with Crippen molar-refractivity contribution >= 4 is 26.6 Å². The van der Waals surface area contributed by atoms with E-state index in [-0.39, 0.29) is 122 Å². The fourth-order valence-electron chi connectivity index (χ4n) is 0. The number of halogens is 4. The van der Waals surface area contributed by atoms with Crippen LogP contribution in [-0.4, -0.2) is 26.6 Å². The van der Waals surface area contributed by atoms with Gasteiger partial charge in [0.2, 0.25) is 0 Å². The van der Waals surface area contributed by atoms with Crippen molar-refractivity contribution in [2.75, 3.05) is 0 Å². The Morgan fingerprint density at radius 1 is 0.400 bits per heavy atom. The maximum absolute atomic E-state index is 0. The van der Waals surface area contributed by atoms with Gasteiger partial charge in [-0.3, -0.25) is 0 Å². The normalized spacial score (nSPS) is 0.